The number of nitrogens with one attached hydrogen (secondary N) is 1. The maximum atomic E-state index is 10.7. The van der Waals surface area contributed by atoms with Crippen LogP contribution in [-0.2, 0) is 0 Å². The third kappa shape index (κ3) is 2.53. The van der Waals surface area contributed by atoms with E-state index in [9.17, 15) is 4.79 Å². The molecule has 0 bridgehead atoms. The summed E-state index contributed by atoms with van der Waals surface area (Å²) in [4.78, 5) is 14.5. The molecule has 4 nitrogen and oxygen atoms in total. The van der Waals surface area contributed by atoms with E-state index >= 15 is 0 Å². The van der Waals surface area contributed by atoms with E-state index < -0.39 is 0 Å². The number of amides is 1. The van der Waals surface area contributed by atoms with Crippen LogP contribution >= 0.6 is 12.4 Å². The van der Waals surface area contributed by atoms with Gasteiger partial charge in [-0.05, 0) is 12.1 Å². The fourth-order valence-electron chi connectivity index (χ4n) is 0.587. The zero-order valence-corrected chi connectivity index (χ0v) is 6.47. The second-order valence-corrected chi connectivity index (χ2v) is 1.71. The lowest BCUT2D eigenvalue weighted by molar-refractivity contribution is 0.0953. The molecule has 0 aliphatic heterocycles. The number of halogens is 1. The lowest BCUT2D eigenvalue weighted by atomic mass is 10.3. The van der Waals surface area contributed by atoms with E-state index in [1.54, 1.807) is 12.1 Å². The molecule has 3 N–H and O–H groups in total. The molecule has 0 radical (unpaired) electrons. The molecule has 0 aliphatic carbocycles. The first kappa shape index (κ1) is 9.87. The number of aromatic nitrogens is 1. The second kappa shape index (κ2) is 4.65. The molecule has 1 amide bonds. The molecular weight excluding hydrogens is 166 g/mol. The minimum absolute atomic E-state index is 0. The third-order valence-electron chi connectivity index (χ3n) is 1.07. The first-order chi connectivity index (χ1) is 4.84. The number of hydrogen-bond acceptors (Lipinski definition) is 3. The van der Waals surface area contributed by atoms with Gasteiger partial charge < -0.3 is 0 Å². The molecule has 5 heteroatoms. The van der Waals surface area contributed by atoms with Crippen LogP contribution in [-0.4, -0.2) is 10.9 Å². The molecule has 11 heavy (non-hydrogen) atoms. The van der Waals surface area contributed by atoms with E-state index in [-0.39, 0.29) is 18.3 Å². The van der Waals surface area contributed by atoms with Crippen molar-refractivity contribution in [2.24, 2.45) is 5.84 Å². The molecule has 0 aromatic carbocycles. The number of carbonyl (C=O) groups excluding carboxylic acids is 1. The Bertz CT molecular complexity index is 227. The number of hydrazine groups is 1. The Morgan fingerprint density at radius 1 is 1.45 bits per heavy atom. The van der Waals surface area contributed by atoms with Crippen molar-refractivity contribution in [3.63, 3.8) is 0 Å². The van der Waals surface area contributed by atoms with Gasteiger partial charge in [0, 0.05) is 18.0 Å². The molecule has 0 aliphatic rings. The normalized spacial score (nSPS) is 8.09. The van der Waals surface area contributed by atoms with Crippen LogP contribution in [0.5, 0.6) is 0 Å². The fraction of sp³-hybridized carbons (Fsp3) is 0. The van der Waals surface area contributed by atoms with Gasteiger partial charge in [-0.25, -0.2) is 5.84 Å². The predicted molar refractivity (Wildman–Crippen MR) is 43.1 cm³/mol. The average Bonchev–Trinajstić information content (AvgIpc) is 2.05. The number of hydrogen-bond donors (Lipinski definition) is 2. The molecule has 60 valence electrons. The average molecular weight is 174 g/mol. The highest BCUT2D eigenvalue weighted by Gasteiger charge is 1.98. The number of nitrogens with zero attached hydrogens (tertiary/aromatic N) is 1. The van der Waals surface area contributed by atoms with E-state index in [1.165, 1.54) is 12.4 Å². The van der Waals surface area contributed by atoms with Crippen molar-refractivity contribution in [3.05, 3.63) is 30.1 Å². The summed E-state index contributed by atoms with van der Waals surface area (Å²) in [5.41, 5.74) is 2.53. The van der Waals surface area contributed by atoms with Crippen molar-refractivity contribution in [1.82, 2.24) is 10.4 Å². The Labute approximate surface area is 70.2 Å². The molecule has 0 saturated heterocycles. The van der Waals surface area contributed by atoms with Crippen LogP contribution in [0.1, 0.15) is 10.4 Å². The van der Waals surface area contributed by atoms with Crippen molar-refractivity contribution < 1.29 is 4.79 Å². The van der Waals surface area contributed by atoms with Gasteiger partial charge in [0.25, 0.3) is 5.91 Å². The maximum absolute atomic E-state index is 10.7. The van der Waals surface area contributed by atoms with Gasteiger partial charge in [0.15, 0.2) is 0 Å². The summed E-state index contributed by atoms with van der Waals surface area (Å²) in [7, 11) is 0. The van der Waals surface area contributed by atoms with Crippen LogP contribution in [0.25, 0.3) is 0 Å². The van der Waals surface area contributed by atoms with Crippen molar-refractivity contribution in [2.45, 2.75) is 0 Å². The van der Waals surface area contributed by atoms with Gasteiger partial charge in [-0.15, -0.1) is 12.4 Å². The van der Waals surface area contributed by atoms with Crippen LogP contribution < -0.4 is 11.3 Å². The monoisotopic (exact) mass is 173 g/mol. The van der Waals surface area contributed by atoms with Crippen LogP contribution in [0.15, 0.2) is 24.5 Å². The third-order valence-corrected chi connectivity index (χ3v) is 1.07. The Balaban J connectivity index is 0.000001000. The van der Waals surface area contributed by atoms with Crippen LogP contribution in [0.3, 0.4) is 0 Å². The Morgan fingerprint density at radius 2 is 2.00 bits per heavy atom. The Kier molecular flexibility index (Phi) is 4.17. The highest BCUT2D eigenvalue weighted by Crippen LogP contribution is 1.93. The molecule has 0 saturated carbocycles. The highest BCUT2D eigenvalue weighted by molar-refractivity contribution is 5.93. The largest absolute Gasteiger partial charge is 0.290 e. The van der Waals surface area contributed by atoms with Gasteiger partial charge in [-0.2, -0.15) is 0 Å². The smallest absolute Gasteiger partial charge is 0.265 e. The molecular formula is C6H8ClN3O. The van der Waals surface area contributed by atoms with Crippen molar-refractivity contribution >= 4 is 18.3 Å². The van der Waals surface area contributed by atoms with Crippen LogP contribution in [0, 0.1) is 0 Å². The summed E-state index contributed by atoms with van der Waals surface area (Å²) in [5, 5.41) is 0. The van der Waals surface area contributed by atoms with E-state index in [2.05, 4.69) is 4.98 Å². The SMILES string of the molecule is Cl.NNC(=O)c1ccncc1. The van der Waals surface area contributed by atoms with Gasteiger partial charge in [-0.1, -0.05) is 0 Å². The van der Waals surface area contributed by atoms with Crippen molar-refractivity contribution in [2.75, 3.05) is 0 Å². The summed E-state index contributed by atoms with van der Waals surface area (Å²) in [6.45, 7) is 0. The highest BCUT2D eigenvalue weighted by atomic mass is 35.5. The van der Waals surface area contributed by atoms with E-state index in [1.807, 2.05) is 5.43 Å². The standard InChI is InChI=1S/C6H7N3O.ClH/c7-9-6(10)5-1-3-8-4-2-5;/h1-4H,7H2,(H,9,10);1H. The van der Waals surface area contributed by atoms with Crippen LogP contribution in [0.4, 0.5) is 0 Å². The summed E-state index contributed by atoms with van der Waals surface area (Å²) in [5.74, 6) is 4.58. The van der Waals surface area contributed by atoms with E-state index in [0.717, 1.165) is 0 Å². The van der Waals surface area contributed by atoms with Gasteiger partial charge >= 0.3 is 0 Å². The molecule has 0 atom stereocenters. The lowest BCUT2D eigenvalue weighted by Gasteiger charge is -1.95. The molecule has 1 aromatic heterocycles. The minimum Gasteiger partial charge on any atom is -0.290 e. The summed E-state index contributed by atoms with van der Waals surface area (Å²) in [6, 6.07) is 3.17. The van der Waals surface area contributed by atoms with E-state index in [4.69, 9.17) is 5.84 Å². The minimum atomic E-state index is -0.303. The number of pyridine rings is 1. The lowest BCUT2D eigenvalue weighted by Crippen LogP contribution is -2.29. The molecule has 1 heterocycles. The zero-order valence-electron chi connectivity index (χ0n) is 5.65. The Morgan fingerprint density at radius 3 is 2.45 bits per heavy atom. The second-order valence-electron chi connectivity index (χ2n) is 1.71. The first-order valence-electron chi connectivity index (χ1n) is 2.75. The molecule has 0 unspecified atom stereocenters. The summed E-state index contributed by atoms with van der Waals surface area (Å²) < 4.78 is 0. The zero-order chi connectivity index (χ0) is 7.40. The Hall–Kier alpha value is -1.13. The topological polar surface area (TPSA) is 68.0 Å². The number of carbonyl (C=O) groups is 1. The summed E-state index contributed by atoms with van der Waals surface area (Å²) >= 11 is 0. The molecule has 0 fully saturated rings. The maximum Gasteiger partial charge on any atom is 0.265 e. The van der Waals surface area contributed by atoms with Crippen molar-refractivity contribution in [1.29, 1.82) is 0 Å². The van der Waals surface area contributed by atoms with Gasteiger partial charge in [0.05, 0.1) is 0 Å². The van der Waals surface area contributed by atoms with E-state index in [0.29, 0.717) is 5.56 Å². The molecule has 0 spiro atoms. The molecule has 1 rings (SSSR count). The van der Waals surface area contributed by atoms with Gasteiger partial charge in [0.1, 0.15) is 0 Å². The summed E-state index contributed by atoms with van der Waals surface area (Å²) in [6.07, 6.45) is 3.06. The number of rotatable bonds is 1. The van der Waals surface area contributed by atoms with Gasteiger partial charge in [-0.3, -0.25) is 15.2 Å². The fourth-order valence-corrected chi connectivity index (χ4v) is 0.587. The number of nitrogen functional groups attached to an aromatic ring is 1. The number of nitrogens with two attached hydrogens (primary N) is 1. The predicted octanol–water partition coefficient (Wildman–Crippen LogP) is 0.107. The quantitative estimate of drug-likeness (QED) is 0.360. The first-order valence-corrected chi connectivity index (χ1v) is 2.75. The van der Waals surface area contributed by atoms with Crippen LogP contribution in [0.2, 0.25) is 0 Å². The van der Waals surface area contributed by atoms with Crippen molar-refractivity contribution in [3.8, 4) is 0 Å². The van der Waals surface area contributed by atoms with Gasteiger partial charge in [0.2, 0.25) is 0 Å². The molecule has 1 aromatic rings.